The Hall–Kier alpha value is 0.517. The fourth-order valence-corrected chi connectivity index (χ4v) is 0.472. The zero-order valence-electron chi connectivity index (χ0n) is 4.68. The second-order valence-corrected chi connectivity index (χ2v) is 1.34. The topological polar surface area (TPSA) is 23.3 Å². The summed E-state index contributed by atoms with van der Waals surface area (Å²) in [4.78, 5) is 0. The Bertz CT molecular complexity index is 27.2. The maximum Gasteiger partial charge on any atom is 1.00 e. The van der Waals surface area contributed by atoms with Crippen LogP contribution < -0.4 is 18.9 Å². The van der Waals surface area contributed by atoms with Gasteiger partial charge in [0.2, 0.25) is 0 Å². The van der Waals surface area contributed by atoms with E-state index in [1.54, 1.807) is 0 Å². The number of ether oxygens (including phenoxy) is 1. The molecule has 0 spiro atoms. The normalized spacial score (nSPS) is 20.6. The zero-order valence-corrected chi connectivity index (χ0v) is 4.68. The van der Waals surface area contributed by atoms with Gasteiger partial charge in [-0.2, -0.15) is 0 Å². The van der Waals surface area contributed by atoms with Gasteiger partial charge in [0.15, 0.2) is 0 Å². The van der Waals surface area contributed by atoms with Gasteiger partial charge >= 0.3 is 18.9 Å². The molecule has 0 unspecified atom stereocenters. The van der Waals surface area contributed by atoms with E-state index in [-0.39, 0.29) is 18.9 Å². The quantitative estimate of drug-likeness (QED) is 0.310. The molecule has 1 rings (SSSR count). The van der Waals surface area contributed by atoms with Crippen molar-refractivity contribution in [1.82, 2.24) is 0 Å². The summed E-state index contributed by atoms with van der Waals surface area (Å²) in [6.07, 6.45) is 1.11. The summed E-state index contributed by atoms with van der Waals surface area (Å²) in [6.45, 7) is 2.53. The third-order valence-corrected chi connectivity index (χ3v) is 0.787. The van der Waals surface area contributed by atoms with Crippen LogP contribution in [-0.4, -0.2) is 19.9 Å². The molecule has 1 aliphatic rings. The maximum atomic E-state index is 4.90. The molecule has 0 aromatic carbocycles. The van der Waals surface area contributed by atoms with E-state index in [1.807, 2.05) is 0 Å². The molecule has 0 bridgehead atoms. The molecule has 1 saturated heterocycles. The average Bonchev–Trinajstić information content (AvgIpc) is 1.72. The molecule has 0 aromatic rings. The first-order valence-corrected chi connectivity index (χ1v) is 2.21. The Morgan fingerprint density at radius 2 is 2.29 bits per heavy atom. The summed E-state index contributed by atoms with van der Waals surface area (Å²) < 4.78 is 4.90. The first-order chi connectivity index (χ1) is 3.00. The predicted octanol–water partition coefficient (Wildman–Crippen LogP) is -2.26. The van der Waals surface area contributed by atoms with Gasteiger partial charge in [0, 0.05) is 6.61 Å². The summed E-state index contributed by atoms with van der Waals surface area (Å²) in [7, 11) is 0. The number of hydrogen-bond acceptors (Lipinski definition) is 1. The molecule has 7 heavy (non-hydrogen) atoms. The van der Waals surface area contributed by atoms with Crippen molar-refractivity contribution in [3.63, 3.8) is 0 Å². The predicted molar refractivity (Wildman–Crippen MR) is 23.7 cm³/mol. The largest absolute Gasteiger partial charge is 1.00 e. The minimum absolute atomic E-state index is 0. The Morgan fingerprint density at radius 3 is 2.43 bits per heavy atom. The van der Waals surface area contributed by atoms with Crippen LogP contribution >= 0.6 is 0 Å². The smallest absolute Gasteiger partial charge is 0.639 e. The van der Waals surface area contributed by atoms with Crippen molar-refractivity contribution in [3.05, 3.63) is 5.32 Å². The van der Waals surface area contributed by atoms with Gasteiger partial charge in [-0.15, -0.1) is 6.54 Å². The van der Waals surface area contributed by atoms with Crippen molar-refractivity contribution in [3.8, 4) is 0 Å². The van der Waals surface area contributed by atoms with Crippen LogP contribution in [0.25, 0.3) is 5.32 Å². The third-order valence-electron chi connectivity index (χ3n) is 0.787. The number of nitrogens with zero attached hydrogens (tertiary/aromatic N) is 1. The first kappa shape index (κ1) is 7.52. The monoisotopic (exact) mass is 93.1 g/mol. The molecule has 1 fully saturated rings. The van der Waals surface area contributed by atoms with Crippen LogP contribution in [0.1, 0.15) is 6.42 Å². The van der Waals surface area contributed by atoms with Crippen molar-refractivity contribution in [2.45, 2.75) is 6.42 Å². The maximum absolute atomic E-state index is 4.90. The zero-order chi connectivity index (χ0) is 4.24. The van der Waals surface area contributed by atoms with Crippen molar-refractivity contribution in [1.29, 1.82) is 0 Å². The molecular weight excluding hydrogens is 85.0 g/mol. The Labute approximate surface area is 55.8 Å². The molecule has 0 amide bonds. The van der Waals surface area contributed by atoms with Crippen molar-refractivity contribution in [2.75, 3.05) is 19.9 Å². The van der Waals surface area contributed by atoms with Gasteiger partial charge in [0.25, 0.3) is 0 Å². The van der Waals surface area contributed by atoms with Gasteiger partial charge in [-0.05, 0) is 13.2 Å². The third kappa shape index (κ3) is 3.13. The standard InChI is InChI=1S/C4H8NO.Li/c1-2-5-4-6-3-1;/h1-4H2;/q-1;+1. The molecule has 36 valence electrons. The van der Waals surface area contributed by atoms with Crippen molar-refractivity contribution in [2.24, 2.45) is 0 Å². The van der Waals surface area contributed by atoms with E-state index in [0.29, 0.717) is 6.73 Å². The van der Waals surface area contributed by atoms with E-state index >= 15 is 0 Å². The van der Waals surface area contributed by atoms with E-state index in [1.165, 1.54) is 0 Å². The minimum Gasteiger partial charge on any atom is -0.639 e. The van der Waals surface area contributed by atoms with Gasteiger partial charge in [-0.3, -0.25) is 0 Å². The van der Waals surface area contributed by atoms with E-state index in [4.69, 9.17) is 4.74 Å². The minimum atomic E-state index is 0. The summed E-state index contributed by atoms with van der Waals surface area (Å²) in [6, 6.07) is 0. The van der Waals surface area contributed by atoms with Gasteiger partial charge in [0.1, 0.15) is 0 Å². The van der Waals surface area contributed by atoms with E-state index < -0.39 is 0 Å². The van der Waals surface area contributed by atoms with Crippen LogP contribution in [0.2, 0.25) is 0 Å². The van der Waals surface area contributed by atoms with Crippen LogP contribution in [0.15, 0.2) is 0 Å². The second kappa shape index (κ2) is 4.67. The summed E-state index contributed by atoms with van der Waals surface area (Å²) in [5.41, 5.74) is 0. The molecule has 0 saturated carbocycles. The molecule has 3 heteroatoms. The fraction of sp³-hybridized carbons (Fsp3) is 1.00. The van der Waals surface area contributed by atoms with Crippen LogP contribution in [0.3, 0.4) is 0 Å². The SMILES string of the molecule is C1C[N-]COC1.[Li+]. The fourth-order valence-electron chi connectivity index (χ4n) is 0.472. The Balaban J connectivity index is 0.000000360. The first-order valence-electron chi connectivity index (χ1n) is 2.21. The molecule has 1 aliphatic heterocycles. The van der Waals surface area contributed by atoms with Crippen molar-refractivity contribution >= 4 is 0 Å². The summed E-state index contributed by atoms with van der Waals surface area (Å²) in [5, 5.41) is 3.95. The van der Waals surface area contributed by atoms with Gasteiger partial charge in [-0.1, -0.05) is 0 Å². The molecule has 2 nitrogen and oxygen atoms in total. The van der Waals surface area contributed by atoms with Crippen LogP contribution in [0.4, 0.5) is 0 Å². The van der Waals surface area contributed by atoms with E-state index in [2.05, 4.69) is 5.32 Å². The number of rotatable bonds is 0. The second-order valence-electron chi connectivity index (χ2n) is 1.34. The summed E-state index contributed by atoms with van der Waals surface area (Å²) >= 11 is 0. The van der Waals surface area contributed by atoms with Crippen LogP contribution in [0, 0.1) is 0 Å². The number of hydrogen-bond donors (Lipinski definition) is 0. The summed E-state index contributed by atoms with van der Waals surface area (Å²) in [5.74, 6) is 0. The van der Waals surface area contributed by atoms with Gasteiger partial charge in [-0.25, -0.2) is 0 Å². The molecule has 0 aromatic heterocycles. The van der Waals surface area contributed by atoms with Crippen LogP contribution in [-0.2, 0) is 4.74 Å². The molecule has 0 atom stereocenters. The Morgan fingerprint density at radius 1 is 1.43 bits per heavy atom. The molecular formula is C4H8LiNO. The van der Waals surface area contributed by atoms with E-state index in [9.17, 15) is 0 Å². The average molecular weight is 93.1 g/mol. The molecule has 1 heterocycles. The van der Waals surface area contributed by atoms with Gasteiger partial charge < -0.3 is 10.1 Å². The molecule has 0 aliphatic carbocycles. The van der Waals surface area contributed by atoms with Crippen LogP contribution in [0.5, 0.6) is 0 Å². The Kier molecular flexibility index (Phi) is 5.02. The molecule has 0 radical (unpaired) electrons. The molecule has 0 N–H and O–H groups in total. The van der Waals surface area contributed by atoms with Crippen molar-refractivity contribution < 1.29 is 23.6 Å². The van der Waals surface area contributed by atoms with E-state index in [0.717, 1.165) is 19.6 Å². The van der Waals surface area contributed by atoms with Gasteiger partial charge in [0.05, 0.1) is 0 Å².